The third-order valence-electron chi connectivity index (χ3n) is 4.32. The van der Waals surface area contributed by atoms with Gasteiger partial charge in [0.2, 0.25) is 5.95 Å². The average molecular weight is 370 g/mol. The zero-order chi connectivity index (χ0) is 18.9. The van der Waals surface area contributed by atoms with Crippen molar-refractivity contribution in [3.05, 3.63) is 23.5 Å². The number of aryl methyl sites for hydroxylation is 1. The molecule has 2 N–H and O–H groups in total. The molecule has 0 saturated carbocycles. The van der Waals surface area contributed by atoms with Crippen molar-refractivity contribution in [2.75, 3.05) is 23.8 Å². The summed E-state index contributed by atoms with van der Waals surface area (Å²) < 4.78 is 46.5. The molecule has 7 nitrogen and oxygen atoms in total. The summed E-state index contributed by atoms with van der Waals surface area (Å²) in [7, 11) is 1.74. The first-order chi connectivity index (χ1) is 12.2. The van der Waals surface area contributed by atoms with Gasteiger partial charge in [-0.15, -0.1) is 0 Å². The smallest absolute Gasteiger partial charge is 0.370 e. The Morgan fingerprint density at radius 1 is 1.38 bits per heavy atom. The Bertz CT molecular complexity index is 783. The van der Waals surface area contributed by atoms with Crippen molar-refractivity contribution >= 4 is 17.6 Å². The Kier molecular flexibility index (Phi) is 4.78. The molecule has 1 unspecified atom stereocenters. The summed E-state index contributed by atoms with van der Waals surface area (Å²) >= 11 is 0. The molecule has 2 aromatic heterocycles. The number of rotatable bonds is 5. The van der Waals surface area contributed by atoms with Crippen LogP contribution in [0.5, 0.6) is 0 Å². The molecule has 0 aromatic carbocycles. The number of hydrogen-bond donors (Lipinski definition) is 2. The van der Waals surface area contributed by atoms with Crippen LogP contribution in [0.1, 0.15) is 37.9 Å². The van der Waals surface area contributed by atoms with E-state index in [1.165, 1.54) is 0 Å². The number of nitrogens with zero attached hydrogens (tertiary/aromatic N) is 4. The SMILES string of the molecule is CCNc1nc(Nc2cc(C3(C)CCCO3)nn2C)ncc1C(F)(F)F. The summed E-state index contributed by atoms with van der Waals surface area (Å²) in [6.45, 7) is 4.67. The Hall–Kier alpha value is -2.36. The van der Waals surface area contributed by atoms with Crippen molar-refractivity contribution in [1.82, 2.24) is 19.7 Å². The lowest BCUT2D eigenvalue weighted by Crippen LogP contribution is -2.20. The summed E-state index contributed by atoms with van der Waals surface area (Å²) in [6, 6.07) is 1.80. The van der Waals surface area contributed by atoms with Gasteiger partial charge in [0, 0.05) is 32.5 Å². The molecule has 2 aromatic rings. The molecule has 3 heterocycles. The van der Waals surface area contributed by atoms with Crippen molar-refractivity contribution in [3.8, 4) is 0 Å². The number of hydrogen-bond acceptors (Lipinski definition) is 6. The summed E-state index contributed by atoms with van der Waals surface area (Å²) in [6.07, 6.45) is -1.93. The van der Waals surface area contributed by atoms with Gasteiger partial charge in [-0.05, 0) is 26.7 Å². The van der Waals surface area contributed by atoms with Gasteiger partial charge in [-0.25, -0.2) is 4.98 Å². The molecule has 1 fully saturated rings. The van der Waals surface area contributed by atoms with E-state index in [0.29, 0.717) is 19.0 Å². The molecule has 0 radical (unpaired) electrons. The lowest BCUT2D eigenvalue weighted by Gasteiger charge is -2.19. The van der Waals surface area contributed by atoms with Gasteiger partial charge in [-0.1, -0.05) is 0 Å². The fourth-order valence-electron chi connectivity index (χ4n) is 2.89. The number of halogens is 3. The number of ether oxygens (including phenoxy) is 1. The highest BCUT2D eigenvalue weighted by Crippen LogP contribution is 2.36. The summed E-state index contributed by atoms with van der Waals surface area (Å²) in [4.78, 5) is 7.76. The second-order valence-corrected chi connectivity index (χ2v) is 6.33. The zero-order valence-corrected chi connectivity index (χ0v) is 14.8. The van der Waals surface area contributed by atoms with Crippen molar-refractivity contribution in [3.63, 3.8) is 0 Å². The second-order valence-electron chi connectivity index (χ2n) is 6.33. The maximum atomic E-state index is 13.0. The number of nitrogens with one attached hydrogen (secondary N) is 2. The molecule has 26 heavy (non-hydrogen) atoms. The van der Waals surface area contributed by atoms with Crippen LogP contribution < -0.4 is 10.6 Å². The van der Waals surface area contributed by atoms with E-state index in [1.807, 2.05) is 6.92 Å². The molecule has 10 heteroatoms. The Morgan fingerprint density at radius 3 is 2.77 bits per heavy atom. The van der Waals surface area contributed by atoms with Crippen molar-refractivity contribution in [1.29, 1.82) is 0 Å². The minimum Gasteiger partial charge on any atom is -0.370 e. The highest BCUT2D eigenvalue weighted by molar-refractivity contribution is 5.54. The molecule has 0 bridgehead atoms. The molecule has 142 valence electrons. The van der Waals surface area contributed by atoms with Crippen LogP contribution in [0.15, 0.2) is 12.3 Å². The molecule has 1 saturated heterocycles. The topological polar surface area (TPSA) is 76.9 Å². The van der Waals surface area contributed by atoms with Crippen molar-refractivity contribution < 1.29 is 17.9 Å². The maximum Gasteiger partial charge on any atom is 0.421 e. The minimum atomic E-state index is -4.52. The van der Waals surface area contributed by atoms with Crippen molar-refractivity contribution in [2.45, 2.75) is 38.5 Å². The van der Waals surface area contributed by atoms with E-state index in [1.54, 1.807) is 24.7 Å². The van der Waals surface area contributed by atoms with Crippen LogP contribution in [0.4, 0.5) is 30.8 Å². The quantitative estimate of drug-likeness (QED) is 0.840. The van der Waals surface area contributed by atoms with Gasteiger partial charge < -0.3 is 15.4 Å². The molecular weight excluding hydrogens is 349 g/mol. The Labute approximate surface area is 149 Å². The maximum absolute atomic E-state index is 13.0. The third kappa shape index (κ3) is 3.59. The minimum absolute atomic E-state index is 0.0565. The predicted octanol–water partition coefficient (Wildman–Crippen LogP) is 3.43. The molecule has 0 aliphatic carbocycles. The van der Waals surface area contributed by atoms with Gasteiger partial charge in [-0.2, -0.15) is 23.3 Å². The fourth-order valence-corrected chi connectivity index (χ4v) is 2.89. The highest BCUT2D eigenvalue weighted by Gasteiger charge is 2.36. The van der Waals surface area contributed by atoms with E-state index >= 15 is 0 Å². The number of alkyl halides is 3. The largest absolute Gasteiger partial charge is 0.421 e. The molecule has 1 atom stereocenters. The second kappa shape index (κ2) is 6.75. The molecule has 1 aliphatic rings. The summed E-state index contributed by atoms with van der Waals surface area (Å²) in [5, 5.41) is 10.0. The highest BCUT2D eigenvalue weighted by atomic mass is 19.4. The summed E-state index contributed by atoms with van der Waals surface area (Å²) in [5.74, 6) is 0.367. The zero-order valence-electron chi connectivity index (χ0n) is 14.8. The molecule has 1 aliphatic heterocycles. The van der Waals surface area contributed by atoms with E-state index in [-0.39, 0.29) is 11.8 Å². The average Bonchev–Trinajstić information content (AvgIpc) is 3.15. The van der Waals surface area contributed by atoms with E-state index in [0.717, 1.165) is 24.7 Å². The Morgan fingerprint density at radius 2 is 2.15 bits per heavy atom. The number of aromatic nitrogens is 4. The van der Waals surface area contributed by atoms with Gasteiger partial charge in [0.15, 0.2) is 0 Å². The molecular formula is C16H21F3N6O. The molecule has 0 spiro atoms. The van der Waals surface area contributed by atoms with Gasteiger partial charge >= 0.3 is 6.18 Å². The van der Waals surface area contributed by atoms with E-state index < -0.39 is 17.3 Å². The van der Waals surface area contributed by atoms with Crippen LogP contribution in [0.3, 0.4) is 0 Å². The fraction of sp³-hybridized carbons (Fsp3) is 0.562. The monoisotopic (exact) mass is 370 g/mol. The molecule has 3 rings (SSSR count). The molecule has 0 amide bonds. The van der Waals surface area contributed by atoms with Crippen LogP contribution in [0, 0.1) is 0 Å². The first-order valence-corrected chi connectivity index (χ1v) is 8.36. The van der Waals surface area contributed by atoms with Gasteiger partial charge in [0.1, 0.15) is 22.8 Å². The number of anilines is 3. The third-order valence-corrected chi connectivity index (χ3v) is 4.32. The van der Waals surface area contributed by atoms with Crippen molar-refractivity contribution in [2.24, 2.45) is 7.05 Å². The predicted molar refractivity (Wildman–Crippen MR) is 90.2 cm³/mol. The van der Waals surface area contributed by atoms with Crippen LogP contribution in [-0.4, -0.2) is 32.9 Å². The van der Waals surface area contributed by atoms with Crippen LogP contribution >= 0.6 is 0 Å². The summed E-state index contributed by atoms with van der Waals surface area (Å²) in [5.41, 5.74) is -0.588. The first-order valence-electron chi connectivity index (χ1n) is 8.36. The van der Waals surface area contributed by atoms with Crippen LogP contribution in [0.25, 0.3) is 0 Å². The van der Waals surface area contributed by atoms with E-state index in [4.69, 9.17) is 4.74 Å². The van der Waals surface area contributed by atoms with Gasteiger partial charge in [0.25, 0.3) is 0 Å². The lowest BCUT2D eigenvalue weighted by molar-refractivity contribution is -0.137. The van der Waals surface area contributed by atoms with E-state index in [2.05, 4.69) is 25.7 Å². The van der Waals surface area contributed by atoms with Crippen LogP contribution in [-0.2, 0) is 23.6 Å². The van der Waals surface area contributed by atoms with Gasteiger partial charge in [-0.3, -0.25) is 4.68 Å². The van der Waals surface area contributed by atoms with E-state index in [9.17, 15) is 13.2 Å². The lowest BCUT2D eigenvalue weighted by atomic mass is 9.99. The van der Waals surface area contributed by atoms with Crippen LogP contribution in [0.2, 0.25) is 0 Å². The standard InChI is InChI=1S/C16H21F3N6O/c1-4-20-13-10(16(17,18)19)9-21-14(23-13)22-12-8-11(24-25(12)3)15(2)6-5-7-26-15/h8-9H,4-7H2,1-3H3,(H2,20,21,22,23). The first kappa shape index (κ1) is 18.4. The normalized spacial score (nSPS) is 20.4. The Balaban J connectivity index is 1.87. The van der Waals surface area contributed by atoms with Gasteiger partial charge in [0.05, 0.1) is 5.69 Å².